The van der Waals surface area contributed by atoms with E-state index in [1.54, 1.807) is 11.6 Å². The summed E-state index contributed by atoms with van der Waals surface area (Å²) in [4.78, 5) is 29.6. The van der Waals surface area contributed by atoms with Gasteiger partial charge < -0.3 is 5.32 Å². The van der Waals surface area contributed by atoms with Crippen molar-refractivity contribution in [2.75, 3.05) is 12.3 Å². The summed E-state index contributed by atoms with van der Waals surface area (Å²) in [6.07, 6.45) is 2.51. The van der Waals surface area contributed by atoms with Crippen LogP contribution in [0.25, 0.3) is 0 Å². The number of aryl methyl sites for hydroxylation is 1. The maximum atomic E-state index is 12.9. The lowest BCUT2D eigenvalue weighted by atomic mass is 10.1. The van der Waals surface area contributed by atoms with E-state index in [4.69, 9.17) is 11.6 Å². The molecule has 2 aromatic carbocycles. The number of thioether (sulfide) groups is 1. The van der Waals surface area contributed by atoms with Crippen molar-refractivity contribution in [1.82, 2.24) is 14.9 Å². The van der Waals surface area contributed by atoms with E-state index >= 15 is 0 Å². The Kier molecular flexibility index (Phi) is 8.94. The van der Waals surface area contributed by atoms with Gasteiger partial charge in [0.1, 0.15) is 0 Å². The standard InChI is InChI=1S/C25H28ClN3O2S/c1-18-22(17-20-10-6-11-21(26)16-20)24(31)29(2)25(28-18)32-15-7-12-23(30)27-14-13-19-8-4-3-5-9-19/h3-6,8-11,16H,7,12-15,17H2,1-2H3,(H,27,30). The molecule has 0 unspecified atom stereocenters. The predicted octanol–water partition coefficient (Wildman–Crippen LogP) is 4.56. The van der Waals surface area contributed by atoms with Gasteiger partial charge in [0.05, 0.1) is 0 Å². The van der Waals surface area contributed by atoms with Crippen LogP contribution in [0.4, 0.5) is 0 Å². The summed E-state index contributed by atoms with van der Waals surface area (Å²) in [6.45, 7) is 2.50. The van der Waals surface area contributed by atoms with E-state index in [1.165, 1.54) is 17.3 Å². The smallest absolute Gasteiger partial charge is 0.257 e. The average molecular weight is 470 g/mol. The molecule has 0 saturated heterocycles. The second kappa shape index (κ2) is 11.9. The Morgan fingerprint density at radius 1 is 1.12 bits per heavy atom. The molecule has 7 heteroatoms. The number of amides is 1. The van der Waals surface area contributed by atoms with Gasteiger partial charge in [0.15, 0.2) is 5.16 Å². The number of hydrogen-bond donors (Lipinski definition) is 1. The third-order valence-corrected chi connectivity index (χ3v) is 6.53. The Morgan fingerprint density at radius 3 is 2.62 bits per heavy atom. The minimum absolute atomic E-state index is 0.0429. The van der Waals surface area contributed by atoms with Crippen molar-refractivity contribution in [3.05, 3.63) is 92.4 Å². The van der Waals surface area contributed by atoms with Crippen molar-refractivity contribution in [3.63, 3.8) is 0 Å². The van der Waals surface area contributed by atoms with E-state index < -0.39 is 0 Å². The van der Waals surface area contributed by atoms with E-state index in [9.17, 15) is 9.59 Å². The number of benzene rings is 2. The van der Waals surface area contributed by atoms with Gasteiger partial charge in [-0.3, -0.25) is 14.2 Å². The van der Waals surface area contributed by atoms with Gasteiger partial charge in [0.2, 0.25) is 5.91 Å². The molecular formula is C25H28ClN3O2S. The molecule has 1 amide bonds. The highest BCUT2D eigenvalue weighted by Gasteiger charge is 2.13. The minimum atomic E-state index is -0.0429. The second-order valence-corrected chi connectivity index (χ2v) is 9.17. The van der Waals surface area contributed by atoms with Crippen LogP contribution in [-0.2, 0) is 24.7 Å². The van der Waals surface area contributed by atoms with Gasteiger partial charge in [-0.1, -0.05) is 65.8 Å². The lowest BCUT2D eigenvalue weighted by Gasteiger charge is -2.12. The highest BCUT2D eigenvalue weighted by Crippen LogP contribution is 2.19. The molecule has 1 aromatic heterocycles. The Labute approximate surface area is 198 Å². The summed E-state index contributed by atoms with van der Waals surface area (Å²) in [5.41, 5.74) is 3.56. The van der Waals surface area contributed by atoms with Crippen LogP contribution < -0.4 is 10.9 Å². The molecule has 5 nitrogen and oxygen atoms in total. The fraction of sp³-hybridized carbons (Fsp3) is 0.320. The number of carbonyl (C=O) groups is 1. The number of hydrogen-bond acceptors (Lipinski definition) is 4. The summed E-state index contributed by atoms with van der Waals surface area (Å²) in [6, 6.07) is 17.6. The number of halogens is 1. The van der Waals surface area contributed by atoms with Crippen LogP contribution in [0.1, 0.15) is 35.2 Å². The fourth-order valence-corrected chi connectivity index (χ4v) is 4.55. The Balaban J connectivity index is 1.47. The van der Waals surface area contributed by atoms with E-state index in [1.807, 2.05) is 49.4 Å². The summed E-state index contributed by atoms with van der Waals surface area (Å²) < 4.78 is 1.59. The molecule has 0 fully saturated rings. The highest BCUT2D eigenvalue weighted by molar-refractivity contribution is 7.99. The van der Waals surface area contributed by atoms with Crippen molar-refractivity contribution in [2.45, 2.75) is 37.8 Å². The number of nitrogens with zero attached hydrogens (tertiary/aromatic N) is 2. The molecule has 0 saturated carbocycles. The van der Waals surface area contributed by atoms with Gasteiger partial charge in [0, 0.05) is 48.5 Å². The first-order chi connectivity index (χ1) is 15.4. The van der Waals surface area contributed by atoms with Crippen LogP contribution in [0.3, 0.4) is 0 Å². The number of rotatable bonds is 10. The molecule has 1 N–H and O–H groups in total. The quantitative estimate of drug-likeness (QED) is 0.268. The molecule has 3 aromatic rings. The summed E-state index contributed by atoms with van der Waals surface area (Å²) in [5, 5.41) is 4.29. The van der Waals surface area contributed by atoms with E-state index in [0.29, 0.717) is 35.1 Å². The second-order valence-electron chi connectivity index (χ2n) is 7.67. The predicted molar refractivity (Wildman–Crippen MR) is 132 cm³/mol. The van der Waals surface area contributed by atoms with Gasteiger partial charge in [-0.05, 0) is 43.0 Å². The molecule has 1 heterocycles. The summed E-state index contributed by atoms with van der Waals surface area (Å²) in [7, 11) is 1.74. The van der Waals surface area contributed by atoms with Crippen LogP contribution in [0.2, 0.25) is 5.02 Å². The monoisotopic (exact) mass is 469 g/mol. The van der Waals surface area contributed by atoms with Crippen molar-refractivity contribution in [3.8, 4) is 0 Å². The topological polar surface area (TPSA) is 64.0 Å². The zero-order valence-electron chi connectivity index (χ0n) is 18.4. The number of aromatic nitrogens is 2. The Bertz CT molecular complexity index is 1120. The SMILES string of the molecule is Cc1nc(SCCCC(=O)NCCc2ccccc2)n(C)c(=O)c1Cc1cccc(Cl)c1. The molecule has 32 heavy (non-hydrogen) atoms. The fourth-order valence-electron chi connectivity index (χ4n) is 3.39. The lowest BCUT2D eigenvalue weighted by molar-refractivity contribution is -0.121. The summed E-state index contributed by atoms with van der Waals surface area (Å²) >= 11 is 7.57. The molecule has 3 rings (SSSR count). The molecule has 0 aliphatic carbocycles. The number of nitrogens with one attached hydrogen (secondary N) is 1. The molecule has 0 aliphatic rings. The van der Waals surface area contributed by atoms with Gasteiger partial charge in [0.25, 0.3) is 5.56 Å². The van der Waals surface area contributed by atoms with Crippen LogP contribution >= 0.6 is 23.4 Å². The minimum Gasteiger partial charge on any atom is -0.356 e. The molecule has 0 atom stereocenters. The van der Waals surface area contributed by atoms with Gasteiger partial charge in [-0.25, -0.2) is 4.98 Å². The molecule has 0 radical (unpaired) electrons. The largest absolute Gasteiger partial charge is 0.356 e. The molecule has 0 spiro atoms. The lowest BCUT2D eigenvalue weighted by Crippen LogP contribution is -2.26. The average Bonchev–Trinajstić information content (AvgIpc) is 2.78. The van der Waals surface area contributed by atoms with Crippen LogP contribution in [0.15, 0.2) is 64.5 Å². The third-order valence-electron chi connectivity index (χ3n) is 5.18. The van der Waals surface area contributed by atoms with Crippen molar-refractivity contribution >= 4 is 29.3 Å². The Hall–Kier alpha value is -2.57. The molecule has 168 valence electrons. The van der Waals surface area contributed by atoms with Crippen LogP contribution in [-0.4, -0.2) is 27.8 Å². The van der Waals surface area contributed by atoms with Crippen molar-refractivity contribution in [2.24, 2.45) is 7.05 Å². The van der Waals surface area contributed by atoms with E-state index in [0.717, 1.165) is 29.9 Å². The maximum Gasteiger partial charge on any atom is 0.257 e. The van der Waals surface area contributed by atoms with Gasteiger partial charge in [-0.2, -0.15) is 0 Å². The van der Waals surface area contributed by atoms with Crippen molar-refractivity contribution in [1.29, 1.82) is 0 Å². The molecule has 0 bridgehead atoms. The van der Waals surface area contributed by atoms with Crippen LogP contribution in [0.5, 0.6) is 0 Å². The third kappa shape index (κ3) is 6.97. The maximum absolute atomic E-state index is 12.9. The van der Waals surface area contributed by atoms with Crippen molar-refractivity contribution < 1.29 is 4.79 Å². The van der Waals surface area contributed by atoms with Crippen LogP contribution in [0, 0.1) is 6.92 Å². The van der Waals surface area contributed by atoms with E-state index in [-0.39, 0.29) is 11.5 Å². The summed E-state index contributed by atoms with van der Waals surface area (Å²) in [5.74, 6) is 0.774. The normalized spacial score (nSPS) is 10.8. The number of carbonyl (C=O) groups excluding carboxylic acids is 1. The van der Waals surface area contributed by atoms with E-state index in [2.05, 4.69) is 22.4 Å². The first-order valence-electron chi connectivity index (χ1n) is 10.7. The highest BCUT2D eigenvalue weighted by atomic mass is 35.5. The van der Waals surface area contributed by atoms with Gasteiger partial charge in [-0.15, -0.1) is 0 Å². The van der Waals surface area contributed by atoms with Gasteiger partial charge >= 0.3 is 0 Å². The first-order valence-corrected chi connectivity index (χ1v) is 12.0. The molecular weight excluding hydrogens is 442 g/mol. The Morgan fingerprint density at radius 2 is 1.88 bits per heavy atom. The first kappa shape index (κ1) is 24.1. The molecule has 0 aliphatic heterocycles. The zero-order valence-corrected chi connectivity index (χ0v) is 20.0. The zero-order chi connectivity index (χ0) is 22.9.